The summed E-state index contributed by atoms with van der Waals surface area (Å²) in [6, 6.07) is 9.06. The summed E-state index contributed by atoms with van der Waals surface area (Å²) in [4.78, 5) is 15.8. The number of rotatable bonds is 3. The molecule has 0 aromatic heterocycles. The normalized spacial score (nSPS) is 37.2. The Kier molecular flexibility index (Phi) is 6.29. The summed E-state index contributed by atoms with van der Waals surface area (Å²) in [6.45, 7) is 8.04. The predicted octanol–water partition coefficient (Wildman–Crippen LogP) is 6.99. The summed E-state index contributed by atoms with van der Waals surface area (Å²) >= 11 is 0. The predicted molar refractivity (Wildman–Crippen MR) is 149 cm³/mol. The van der Waals surface area contributed by atoms with Gasteiger partial charge in [0, 0.05) is 24.7 Å². The second-order valence-corrected chi connectivity index (χ2v) is 12.4. The van der Waals surface area contributed by atoms with E-state index in [9.17, 15) is 10.0 Å². The number of alkyl halides is 1. The second kappa shape index (κ2) is 9.40. The molecule has 1 N–H and O–H groups in total. The van der Waals surface area contributed by atoms with Crippen LogP contribution in [0.2, 0.25) is 0 Å². The zero-order chi connectivity index (χ0) is 26.7. The van der Waals surface area contributed by atoms with Crippen LogP contribution in [0.1, 0.15) is 83.6 Å². The monoisotopic (exact) mass is 514 g/mol. The van der Waals surface area contributed by atoms with Crippen LogP contribution in [-0.4, -0.2) is 36.0 Å². The molecular formula is C33H39FN2O2. The molecule has 5 heteroatoms. The van der Waals surface area contributed by atoms with Gasteiger partial charge < -0.3 is 10.1 Å². The van der Waals surface area contributed by atoms with E-state index in [0.717, 1.165) is 37.9 Å². The Labute approximate surface area is 226 Å². The highest BCUT2D eigenvalue weighted by Gasteiger charge is 2.65. The highest BCUT2D eigenvalue weighted by Crippen LogP contribution is 2.69. The maximum Gasteiger partial charge on any atom is 0.148 e. The SMILES string of the molecule is CC#C[C@]1(C(C)=O)CC[C@H]2[C@@H]3CC(F)C4=CC(=NO)CCC4=C3[C@@H](c3ccc(N4CCCC4)cc3)C[C@@]21C. The minimum atomic E-state index is -1.08. The molecule has 1 saturated heterocycles. The standard InChI is InChI=1S/C33H39FN2O2/c1-4-14-33(21(2)37)15-13-29-27-19-30(34)26-18-23(35-38)9-12-25(26)31(27)28(20-32(29,33)3)22-7-10-24(11-8-22)36-16-5-6-17-36/h7-8,10-11,18,27-30,38H,5-6,9,12-13,15-17,19-20H2,1-3H3/t27-,28+,29-,30?,32-,33+/m0/s1. The van der Waals surface area contributed by atoms with Crippen LogP contribution in [-0.2, 0) is 4.79 Å². The molecule has 0 spiro atoms. The van der Waals surface area contributed by atoms with Gasteiger partial charge in [-0.15, -0.1) is 5.92 Å². The quantitative estimate of drug-likeness (QED) is 0.269. The van der Waals surface area contributed by atoms with Crippen LogP contribution in [0.5, 0.6) is 0 Å². The maximum absolute atomic E-state index is 15.9. The first-order chi connectivity index (χ1) is 18.3. The van der Waals surface area contributed by atoms with Gasteiger partial charge in [-0.3, -0.25) is 4.79 Å². The van der Waals surface area contributed by atoms with E-state index in [0.29, 0.717) is 30.5 Å². The first-order valence-electron chi connectivity index (χ1n) is 14.4. The molecule has 0 radical (unpaired) electrons. The largest absolute Gasteiger partial charge is 0.411 e. The van der Waals surface area contributed by atoms with Crippen molar-refractivity contribution in [2.45, 2.75) is 84.2 Å². The minimum Gasteiger partial charge on any atom is -0.411 e. The number of hydrogen-bond acceptors (Lipinski definition) is 4. The molecule has 38 heavy (non-hydrogen) atoms. The molecule has 1 aliphatic heterocycles. The fourth-order valence-corrected chi connectivity index (χ4v) is 9.03. The fourth-order valence-electron chi connectivity index (χ4n) is 9.03. The number of nitrogens with zero attached hydrogens (tertiary/aromatic N) is 2. The number of carbonyl (C=O) groups excluding carboxylic acids is 1. The minimum absolute atomic E-state index is 0.0895. The lowest BCUT2D eigenvalue weighted by atomic mass is 9.48. The summed E-state index contributed by atoms with van der Waals surface area (Å²) in [5, 5.41) is 12.8. The van der Waals surface area contributed by atoms with Gasteiger partial charge in [0.05, 0.1) is 11.1 Å². The van der Waals surface area contributed by atoms with Crippen LogP contribution in [0.3, 0.4) is 0 Å². The van der Waals surface area contributed by atoms with Crippen molar-refractivity contribution in [2.24, 2.45) is 27.8 Å². The van der Waals surface area contributed by atoms with E-state index >= 15 is 4.39 Å². The Hall–Kier alpha value is -2.87. The number of halogens is 1. The van der Waals surface area contributed by atoms with Gasteiger partial charge in [0.2, 0.25) is 0 Å². The first-order valence-corrected chi connectivity index (χ1v) is 14.4. The van der Waals surface area contributed by atoms with Crippen molar-refractivity contribution in [1.82, 2.24) is 0 Å². The fraction of sp³-hybridized carbons (Fsp3) is 0.576. The van der Waals surface area contributed by atoms with Gasteiger partial charge in [-0.05, 0) is 117 Å². The highest BCUT2D eigenvalue weighted by atomic mass is 19.1. The van der Waals surface area contributed by atoms with Crippen molar-refractivity contribution in [2.75, 3.05) is 18.0 Å². The van der Waals surface area contributed by atoms with Gasteiger partial charge in [-0.2, -0.15) is 0 Å². The smallest absolute Gasteiger partial charge is 0.148 e. The van der Waals surface area contributed by atoms with Crippen molar-refractivity contribution in [3.05, 3.63) is 52.6 Å². The molecule has 4 aliphatic carbocycles. The third-order valence-corrected chi connectivity index (χ3v) is 10.8. The molecule has 3 fully saturated rings. The van der Waals surface area contributed by atoms with E-state index in [4.69, 9.17) is 0 Å². The van der Waals surface area contributed by atoms with Crippen LogP contribution < -0.4 is 4.90 Å². The maximum atomic E-state index is 15.9. The number of ketones is 1. The van der Waals surface area contributed by atoms with E-state index in [1.807, 2.05) is 6.92 Å². The number of allylic oxidation sites excluding steroid dienone is 4. The molecule has 5 aliphatic rings. The number of fused-ring (bicyclic) bond motifs is 4. The van der Waals surface area contributed by atoms with E-state index in [1.54, 1.807) is 13.0 Å². The van der Waals surface area contributed by atoms with Gasteiger partial charge in [0.15, 0.2) is 0 Å². The molecule has 200 valence electrons. The summed E-state index contributed by atoms with van der Waals surface area (Å²) in [5.41, 5.74) is 5.32. The Balaban J connectivity index is 1.51. The van der Waals surface area contributed by atoms with Crippen LogP contribution in [0, 0.1) is 34.5 Å². The molecule has 6 rings (SSSR count). The number of hydrogen-bond donors (Lipinski definition) is 1. The Bertz CT molecular complexity index is 1290. The van der Waals surface area contributed by atoms with Crippen molar-refractivity contribution in [1.29, 1.82) is 0 Å². The molecule has 4 nitrogen and oxygen atoms in total. The Morgan fingerprint density at radius 3 is 2.58 bits per heavy atom. The van der Waals surface area contributed by atoms with Crippen molar-refractivity contribution >= 4 is 17.2 Å². The zero-order valence-corrected chi connectivity index (χ0v) is 22.9. The third kappa shape index (κ3) is 3.63. The highest BCUT2D eigenvalue weighted by molar-refractivity contribution is 5.97. The number of Topliss-reactive ketones (excluding diaryl/α,β-unsaturated/α-hetero) is 1. The Morgan fingerprint density at radius 1 is 1.18 bits per heavy atom. The Morgan fingerprint density at radius 2 is 1.92 bits per heavy atom. The number of anilines is 1. The van der Waals surface area contributed by atoms with Crippen molar-refractivity contribution in [3.8, 4) is 11.8 Å². The van der Waals surface area contributed by atoms with Gasteiger partial charge in [0.1, 0.15) is 12.0 Å². The van der Waals surface area contributed by atoms with Crippen LogP contribution >= 0.6 is 0 Å². The molecule has 0 amide bonds. The molecule has 1 aromatic rings. The topological polar surface area (TPSA) is 52.9 Å². The number of benzene rings is 1. The number of carbonyl (C=O) groups is 1. The third-order valence-electron chi connectivity index (χ3n) is 10.8. The first kappa shape index (κ1) is 25.4. The summed E-state index contributed by atoms with van der Waals surface area (Å²) < 4.78 is 15.9. The molecule has 6 atom stereocenters. The van der Waals surface area contributed by atoms with Crippen LogP contribution in [0.25, 0.3) is 0 Å². The summed E-state index contributed by atoms with van der Waals surface area (Å²) in [5.74, 6) is 7.12. The lowest BCUT2D eigenvalue weighted by Crippen LogP contribution is -2.51. The average molecular weight is 515 g/mol. The molecular weight excluding hydrogens is 475 g/mol. The lowest BCUT2D eigenvalue weighted by Gasteiger charge is -2.55. The van der Waals surface area contributed by atoms with Gasteiger partial charge in [-0.1, -0.05) is 35.7 Å². The van der Waals surface area contributed by atoms with Crippen molar-refractivity contribution in [3.63, 3.8) is 0 Å². The van der Waals surface area contributed by atoms with Gasteiger partial charge in [0.25, 0.3) is 0 Å². The van der Waals surface area contributed by atoms with E-state index < -0.39 is 11.6 Å². The van der Waals surface area contributed by atoms with Gasteiger partial charge >= 0.3 is 0 Å². The average Bonchev–Trinajstić information content (AvgIpc) is 3.56. The molecule has 1 unspecified atom stereocenters. The van der Waals surface area contributed by atoms with E-state index in [-0.39, 0.29) is 29.0 Å². The lowest BCUT2D eigenvalue weighted by molar-refractivity contribution is -0.130. The van der Waals surface area contributed by atoms with Crippen molar-refractivity contribution < 1.29 is 14.4 Å². The molecule has 2 saturated carbocycles. The number of oxime groups is 1. The molecule has 1 heterocycles. The molecule has 0 bridgehead atoms. The summed E-state index contributed by atoms with van der Waals surface area (Å²) in [6.07, 6.45) is 7.45. The van der Waals surface area contributed by atoms with E-state index in [1.165, 1.54) is 29.7 Å². The van der Waals surface area contributed by atoms with Gasteiger partial charge in [-0.25, -0.2) is 4.39 Å². The van der Waals surface area contributed by atoms with E-state index in [2.05, 4.69) is 53.1 Å². The second-order valence-electron chi connectivity index (χ2n) is 12.4. The summed E-state index contributed by atoms with van der Waals surface area (Å²) in [7, 11) is 0. The molecule has 1 aromatic carbocycles. The van der Waals surface area contributed by atoms with Crippen LogP contribution in [0.15, 0.2) is 52.2 Å². The zero-order valence-electron chi connectivity index (χ0n) is 22.9. The van der Waals surface area contributed by atoms with Crippen LogP contribution in [0.4, 0.5) is 10.1 Å².